The molecule has 0 bridgehead atoms. The molecule has 2 heterocycles. The number of benzene rings is 2. The molecule has 8 nitrogen and oxygen atoms in total. The molecule has 2 aromatic heterocycles. The fourth-order valence-corrected chi connectivity index (χ4v) is 7.02. The van der Waals surface area contributed by atoms with Crippen molar-refractivity contribution in [3.05, 3.63) is 63.8 Å². The van der Waals surface area contributed by atoms with Crippen LogP contribution in [0.3, 0.4) is 0 Å². The highest BCUT2D eigenvalue weighted by Crippen LogP contribution is 2.42. The molecular weight excluding hydrogens is 581 g/mol. The Hall–Kier alpha value is -2.99. The lowest BCUT2D eigenvalue weighted by Crippen LogP contribution is -2.26. The Morgan fingerprint density at radius 3 is 2.45 bits per heavy atom. The van der Waals surface area contributed by atoms with E-state index in [2.05, 4.69) is 14.8 Å². The van der Waals surface area contributed by atoms with Gasteiger partial charge in [-0.15, -0.1) is 0 Å². The van der Waals surface area contributed by atoms with Gasteiger partial charge in [-0.3, -0.25) is 9.40 Å². The van der Waals surface area contributed by atoms with Crippen molar-refractivity contribution in [1.29, 1.82) is 0 Å². The molecule has 0 spiro atoms. The highest BCUT2D eigenvalue weighted by molar-refractivity contribution is 7.92. The summed E-state index contributed by atoms with van der Waals surface area (Å²) in [7, 11) is -4.39. The number of aromatic nitrogens is 3. The van der Waals surface area contributed by atoms with Crippen LogP contribution in [0.15, 0.2) is 41.4 Å². The first-order chi connectivity index (χ1) is 18.9. The van der Waals surface area contributed by atoms with Crippen LogP contribution < -0.4 is 16.2 Å². The molecule has 0 aliphatic heterocycles. The van der Waals surface area contributed by atoms with E-state index >= 15 is 8.78 Å². The number of rotatable bonds is 6. The van der Waals surface area contributed by atoms with E-state index in [9.17, 15) is 8.42 Å². The van der Waals surface area contributed by atoms with E-state index in [1.165, 1.54) is 12.1 Å². The quantitative estimate of drug-likeness (QED) is 0.225. The molecule has 5 N–H and O–H groups in total. The van der Waals surface area contributed by atoms with E-state index in [1.807, 2.05) is 13.8 Å². The smallest absolute Gasteiger partial charge is 0.263 e. The number of anilines is 2. The zero-order valence-corrected chi connectivity index (χ0v) is 24.1. The fraction of sp³-hybridized carbons (Fsp3) is 0.333. The van der Waals surface area contributed by atoms with E-state index in [1.54, 1.807) is 10.9 Å². The zero-order chi connectivity index (χ0) is 28.9. The molecule has 1 aliphatic rings. The standard InChI is InChI=1S/C27H28Cl2F2N6O2S/c1-13(2)37-26-18(14-3-6-16(32)7-4-14)12-34-27(33)24(26)25(35-37)17-10-21(31)22(11-20(17)30)36-40(38,39)23-9-15(28)5-8-19(23)29/h5,8-14,16,36H,3-4,6-7,32H2,1-2H3,(H2,33,34)/t14-,16-. The van der Waals surface area contributed by atoms with Gasteiger partial charge < -0.3 is 11.5 Å². The van der Waals surface area contributed by atoms with E-state index in [0.717, 1.165) is 55.0 Å². The van der Waals surface area contributed by atoms with Gasteiger partial charge in [0.05, 0.1) is 21.6 Å². The van der Waals surface area contributed by atoms with Gasteiger partial charge >= 0.3 is 0 Å². The van der Waals surface area contributed by atoms with Crippen LogP contribution >= 0.6 is 23.2 Å². The second-order valence-electron chi connectivity index (χ2n) is 10.3. The number of nitrogens with two attached hydrogens (primary N) is 2. The van der Waals surface area contributed by atoms with Crippen LogP contribution in [0.1, 0.15) is 57.1 Å². The minimum absolute atomic E-state index is 0.112. The maximum atomic E-state index is 15.6. The molecule has 2 aromatic carbocycles. The van der Waals surface area contributed by atoms with Crippen molar-refractivity contribution >= 4 is 55.6 Å². The van der Waals surface area contributed by atoms with Crippen molar-refractivity contribution in [3.8, 4) is 11.3 Å². The van der Waals surface area contributed by atoms with Gasteiger partial charge in [0.25, 0.3) is 10.0 Å². The monoisotopic (exact) mass is 608 g/mol. The van der Waals surface area contributed by atoms with E-state index in [0.29, 0.717) is 5.39 Å². The van der Waals surface area contributed by atoms with Crippen molar-refractivity contribution in [1.82, 2.24) is 14.8 Å². The Morgan fingerprint density at radius 1 is 1.07 bits per heavy atom. The first-order valence-electron chi connectivity index (χ1n) is 12.8. The van der Waals surface area contributed by atoms with Crippen molar-refractivity contribution < 1.29 is 17.2 Å². The fourth-order valence-electron chi connectivity index (χ4n) is 5.20. The van der Waals surface area contributed by atoms with E-state index in [-0.39, 0.29) is 50.0 Å². The van der Waals surface area contributed by atoms with Crippen LogP contribution in [0, 0.1) is 11.6 Å². The van der Waals surface area contributed by atoms with E-state index in [4.69, 9.17) is 34.7 Å². The lowest BCUT2D eigenvalue weighted by Gasteiger charge is -2.27. The SMILES string of the molecule is CC(C)n1nc(-c2cc(F)c(NS(=O)(=O)c3cc(Cl)ccc3Cl)cc2F)c2c(N)ncc([C@H]3CC[C@H](N)CC3)c21. The van der Waals surface area contributed by atoms with Crippen LogP contribution in [0.4, 0.5) is 20.3 Å². The van der Waals surface area contributed by atoms with Gasteiger partial charge in [0.15, 0.2) is 0 Å². The van der Waals surface area contributed by atoms with Crippen LogP contribution in [-0.4, -0.2) is 29.2 Å². The average Bonchev–Trinajstić information content (AvgIpc) is 3.30. The summed E-state index contributed by atoms with van der Waals surface area (Å²) in [4.78, 5) is 4.02. The van der Waals surface area contributed by atoms with Crippen LogP contribution in [-0.2, 0) is 10.0 Å². The van der Waals surface area contributed by atoms with Crippen LogP contribution in [0.5, 0.6) is 0 Å². The number of halogens is 4. The number of sulfonamides is 1. The number of nitrogen functional groups attached to an aromatic ring is 1. The summed E-state index contributed by atoms with van der Waals surface area (Å²) >= 11 is 11.9. The third kappa shape index (κ3) is 5.23. The third-order valence-electron chi connectivity index (χ3n) is 7.22. The largest absolute Gasteiger partial charge is 0.383 e. The Kier molecular flexibility index (Phi) is 7.68. The minimum Gasteiger partial charge on any atom is -0.383 e. The molecule has 1 fully saturated rings. The molecular formula is C27H28Cl2F2N6O2S. The highest BCUT2D eigenvalue weighted by atomic mass is 35.5. The van der Waals surface area contributed by atoms with Gasteiger partial charge in [-0.1, -0.05) is 23.2 Å². The summed E-state index contributed by atoms with van der Waals surface area (Å²) in [6.07, 6.45) is 5.22. The maximum absolute atomic E-state index is 15.6. The Bertz CT molecular complexity index is 1720. The third-order valence-corrected chi connectivity index (χ3v) is 9.30. The lowest BCUT2D eigenvalue weighted by atomic mass is 9.82. The van der Waals surface area contributed by atoms with Crippen molar-refractivity contribution in [2.45, 2.75) is 62.4 Å². The molecule has 13 heteroatoms. The molecule has 0 radical (unpaired) electrons. The molecule has 0 amide bonds. The van der Waals surface area contributed by atoms with Crippen molar-refractivity contribution in [2.75, 3.05) is 10.5 Å². The summed E-state index contributed by atoms with van der Waals surface area (Å²) in [5.41, 5.74) is 13.4. The molecule has 0 saturated heterocycles. The van der Waals surface area contributed by atoms with Gasteiger partial charge in [-0.05, 0) is 75.3 Å². The number of nitrogens with one attached hydrogen (secondary N) is 1. The summed E-state index contributed by atoms with van der Waals surface area (Å²) in [6.45, 7) is 3.87. The molecule has 4 aromatic rings. The molecule has 40 heavy (non-hydrogen) atoms. The molecule has 1 saturated carbocycles. The van der Waals surface area contributed by atoms with E-state index < -0.39 is 27.3 Å². The lowest BCUT2D eigenvalue weighted by molar-refractivity contribution is 0.395. The van der Waals surface area contributed by atoms with Gasteiger partial charge in [0, 0.05) is 34.9 Å². The number of nitrogens with zero attached hydrogens (tertiary/aromatic N) is 3. The number of hydrogen-bond acceptors (Lipinski definition) is 6. The predicted octanol–water partition coefficient (Wildman–Crippen LogP) is 6.63. The molecule has 0 atom stereocenters. The first kappa shape index (κ1) is 28.5. The Balaban J connectivity index is 1.61. The van der Waals surface area contributed by atoms with Gasteiger partial charge in [0.2, 0.25) is 0 Å². The predicted molar refractivity (Wildman–Crippen MR) is 154 cm³/mol. The number of hydrogen-bond donors (Lipinski definition) is 3. The molecule has 212 valence electrons. The summed E-state index contributed by atoms with van der Waals surface area (Å²) < 4.78 is 60.6. The van der Waals surface area contributed by atoms with Crippen LogP contribution in [0.25, 0.3) is 22.2 Å². The second kappa shape index (κ2) is 10.8. The zero-order valence-electron chi connectivity index (χ0n) is 21.8. The minimum atomic E-state index is -4.39. The second-order valence-corrected chi connectivity index (χ2v) is 12.8. The normalized spacial score (nSPS) is 18.0. The molecule has 1 aliphatic carbocycles. The molecule has 5 rings (SSSR count). The number of pyridine rings is 1. The van der Waals surface area contributed by atoms with Crippen molar-refractivity contribution in [2.24, 2.45) is 5.73 Å². The summed E-state index contributed by atoms with van der Waals surface area (Å²) in [5.74, 6) is -1.61. The van der Waals surface area contributed by atoms with Gasteiger partial charge in [0.1, 0.15) is 28.0 Å². The van der Waals surface area contributed by atoms with Crippen LogP contribution in [0.2, 0.25) is 10.0 Å². The highest BCUT2D eigenvalue weighted by Gasteiger charge is 2.29. The number of fused-ring (bicyclic) bond motifs is 1. The average molecular weight is 610 g/mol. The first-order valence-corrected chi connectivity index (χ1v) is 15.0. The van der Waals surface area contributed by atoms with Gasteiger partial charge in [-0.25, -0.2) is 22.2 Å². The maximum Gasteiger partial charge on any atom is 0.263 e. The Labute approximate surface area is 240 Å². The Morgan fingerprint density at radius 2 is 1.77 bits per heavy atom. The summed E-state index contributed by atoms with van der Waals surface area (Å²) in [5, 5.41) is 5.06. The summed E-state index contributed by atoms with van der Waals surface area (Å²) in [6, 6.07) is 5.51. The molecule has 0 unspecified atom stereocenters. The topological polar surface area (TPSA) is 129 Å². The van der Waals surface area contributed by atoms with Gasteiger partial charge in [-0.2, -0.15) is 5.10 Å². The van der Waals surface area contributed by atoms with Crippen molar-refractivity contribution in [3.63, 3.8) is 0 Å².